The molecule has 4 heteroatoms. The summed E-state index contributed by atoms with van der Waals surface area (Å²) in [6, 6.07) is 3.07. The summed E-state index contributed by atoms with van der Waals surface area (Å²) >= 11 is 0. The molecular formula is C16H23FN2O. The standard InChI is InChI=1S/C16H23FN2O/c1-9-4-5-14(10(2)6-9)19-16(20)13-8-12(18)7-11(3)15(13)17/h7-10,14H,4-6,18H2,1-3H3,(H,19,20). The van der Waals surface area contributed by atoms with Gasteiger partial charge in [0, 0.05) is 11.7 Å². The zero-order valence-corrected chi connectivity index (χ0v) is 12.4. The first-order chi connectivity index (χ1) is 9.38. The molecule has 2 rings (SSSR count). The lowest BCUT2D eigenvalue weighted by Crippen LogP contribution is -2.42. The Labute approximate surface area is 119 Å². The number of halogens is 1. The fraction of sp³-hybridized carbons (Fsp3) is 0.562. The smallest absolute Gasteiger partial charge is 0.254 e. The van der Waals surface area contributed by atoms with Crippen molar-refractivity contribution >= 4 is 11.6 Å². The fourth-order valence-electron chi connectivity index (χ4n) is 3.09. The number of aryl methyl sites for hydroxylation is 1. The highest BCUT2D eigenvalue weighted by molar-refractivity contribution is 5.95. The highest BCUT2D eigenvalue weighted by atomic mass is 19.1. The lowest BCUT2D eigenvalue weighted by molar-refractivity contribution is 0.0895. The molecule has 0 aromatic heterocycles. The molecule has 1 aromatic rings. The van der Waals surface area contributed by atoms with Crippen LogP contribution in [0.4, 0.5) is 10.1 Å². The molecule has 1 aliphatic carbocycles. The van der Waals surface area contributed by atoms with Crippen LogP contribution < -0.4 is 11.1 Å². The minimum atomic E-state index is -0.478. The van der Waals surface area contributed by atoms with Gasteiger partial charge in [-0.25, -0.2) is 4.39 Å². The molecule has 0 saturated heterocycles. The van der Waals surface area contributed by atoms with Crippen LogP contribution in [0.25, 0.3) is 0 Å². The molecule has 110 valence electrons. The van der Waals surface area contributed by atoms with Crippen molar-refractivity contribution in [1.29, 1.82) is 0 Å². The zero-order valence-electron chi connectivity index (χ0n) is 12.4. The summed E-state index contributed by atoms with van der Waals surface area (Å²) in [5.74, 6) is 0.287. The summed E-state index contributed by atoms with van der Waals surface area (Å²) in [7, 11) is 0. The molecule has 0 spiro atoms. The minimum absolute atomic E-state index is 0.0494. The maximum Gasteiger partial charge on any atom is 0.254 e. The Morgan fingerprint density at radius 3 is 2.70 bits per heavy atom. The number of amides is 1. The minimum Gasteiger partial charge on any atom is -0.399 e. The van der Waals surface area contributed by atoms with E-state index in [4.69, 9.17) is 5.73 Å². The Morgan fingerprint density at radius 2 is 2.05 bits per heavy atom. The monoisotopic (exact) mass is 278 g/mol. The fourth-order valence-corrected chi connectivity index (χ4v) is 3.09. The Bertz CT molecular complexity index is 515. The predicted molar refractivity (Wildman–Crippen MR) is 79.0 cm³/mol. The van der Waals surface area contributed by atoms with E-state index in [1.807, 2.05) is 0 Å². The topological polar surface area (TPSA) is 55.1 Å². The van der Waals surface area contributed by atoms with Crippen LogP contribution in [0.2, 0.25) is 0 Å². The molecule has 3 nitrogen and oxygen atoms in total. The summed E-state index contributed by atoms with van der Waals surface area (Å²) in [4.78, 5) is 12.3. The second kappa shape index (κ2) is 5.81. The van der Waals surface area contributed by atoms with Crippen LogP contribution in [-0.4, -0.2) is 11.9 Å². The summed E-state index contributed by atoms with van der Waals surface area (Å²) in [5.41, 5.74) is 6.57. The van der Waals surface area contributed by atoms with Crippen molar-refractivity contribution in [2.24, 2.45) is 11.8 Å². The van der Waals surface area contributed by atoms with E-state index in [1.54, 1.807) is 6.92 Å². The van der Waals surface area contributed by atoms with Gasteiger partial charge in [0.2, 0.25) is 0 Å². The molecule has 3 unspecified atom stereocenters. The van der Waals surface area contributed by atoms with Gasteiger partial charge in [-0.15, -0.1) is 0 Å². The van der Waals surface area contributed by atoms with Crippen LogP contribution in [0.15, 0.2) is 12.1 Å². The first-order valence-corrected chi connectivity index (χ1v) is 7.25. The molecule has 0 bridgehead atoms. The van der Waals surface area contributed by atoms with Gasteiger partial charge in [0.25, 0.3) is 5.91 Å². The maximum absolute atomic E-state index is 14.0. The second-order valence-corrected chi connectivity index (χ2v) is 6.17. The average molecular weight is 278 g/mol. The number of nitrogens with one attached hydrogen (secondary N) is 1. The third-order valence-electron chi connectivity index (χ3n) is 4.27. The Balaban J connectivity index is 2.13. The predicted octanol–water partition coefficient (Wildman–Crippen LogP) is 3.27. The van der Waals surface area contributed by atoms with Crippen LogP contribution in [0.5, 0.6) is 0 Å². The number of hydrogen-bond acceptors (Lipinski definition) is 2. The first kappa shape index (κ1) is 14.8. The van der Waals surface area contributed by atoms with Gasteiger partial charge >= 0.3 is 0 Å². The third-order valence-corrected chi connectivity index (χ3v) is 4.27. The van der Waals surface area contributed by atoms with E-state index >= 15 is 0 Å². The van der Waals surface area contributed by atoms with Crippen molar-refractivity contribution < 1.29 is 9.18 Å². The number of carbonyl (C=O) groups excluding carboxylic acids is 1. The van der Waals surface area contributed by atoms with Crippen LogP contribution >= 0.6 is 0 Å². The quantitative estimate of drug-likeness (QED) is 0.816. The number of rotatable bonds is 2. The largest absolute Gasteiger partial charge is 0.399 e. The van der Waals surface area contributed by atoms with Crippen molar-refractivity contribution in [3.8, 4) is 0 Å². The van der Waals surface area contributed by atoms with Crippen molar-refractivity contribution in [1.82, 2.24) is 5.32 Å². The molecule has 0 radical (unpaired) electrons. The zero-order chi connectivity index (χ0) is 14.9. The Hall–Kier alpha value is -1.58. The van der Waals surface area contributed by atoms with Crippen molar-refractivity contribution in [3.63, 3.8) is 0 Å². The van der Waals surface area contributed by atoms with E-state index in [0.717, 1.165) is 19.3 Å². The first-order valence-electron chi connectivity index (χ1n) is 7.25. The van der Waals surface area contributed by atoms with Crippen molar-refractivity contribution in [2.45, 2.75) is 46.1 Å². The van der Waals surface area contributed by atoms with Gasteiger partial charge in [0.1, 0.15) is 5.82 Å². The molecule has 1 amide bonds. The van der Waals surface area contributed by atoms with Gasteiger partial charge in [-0.3, -0.25) is 4.79 Å². The number of benzene rings is 1. The highest BCUT2D eigenvalue weighted by Gasteiger charge is 2.27. The van der Waals surface area contributed by atoms with Crippen LogP contribution in [0.1, 0.15) is 49.0 Å². The lowest BCUT2D eigenvalue weighted by atomic mass is 9.80. The van der Waals surface area contributed by atoms with E-state index in [0.29, 0.717) is 23.1 Å². The molecule has 1 aromatic carbocycles. The number of carbonyl (C=O) groups is 1. The van der Waals surface area contributed by atoms with Crippen molar-refractivity contribution in [3.05, 3.63) is 29.1 Å². The van der Waals surface area contributed by atoms with Crippen LogP contribution in [-0.2, 0) is 0 Å². The molecule has 3 N–H and O–H groups in total. The number of hydrogen-bond donors (Lipinski definition) is 2. The third kappa shape index (κ3) is 3.11. The van der Waals surface area contributed by atoms with E-state index in [-0.39, 0.29) is 17.5 Å². The normalized spacial score (nSPS) is 26.3. The molecule has 0 heterocycles. The molecule has 3 atom stereocenters. The number of anilines is 1. The van der Waals surface area contributed by atoms with E-state index in [1.165, 1.54) is 12.1 Å². The van der Waals surface area contributed by atoms with Crippen LogP contribution in [0.3, 0.4) is 0 Å². The summed E-state index contributed by atoms with van der Waals surface area (Å²) < 4.78 is 14.0. The molecule has 0 aliphatic heterocycles. The van der Waals surface area contributed by atoms with Gasteiger partial charge in [0.15, 0.2) is 0 Å². The second-order valence-electron chi connectivity index (χ2n) is 6.17. The molecule has 20 heavy (non-hydrogen) atoms. The maximum atomic E-state index is 14.0. The highest BCUT2D eigenvalue weighted by Crippen LogP contribution is 2.29. The van der Waals surface area contributed by atoms with E-state index < -0.39 is 5.82 Å². The van der Waals surface area contributed by atoms with Gasteiger partial charge in [-0.05, 0) is 55.7 Å². The summed E-state index contributed by atoms with van der Waals surface area (Å²) in [5, 5.41) is 2.97. The van der Waals surface area contributed by atoms with Gasteiger partial charge in [-0.1, -0.05) is 13.8 Å². The molecule has 1 fully saturated rings. The Morgan fingerprint density at radius 1 is 1.35 bits per heavy atom. The summed E-state index contributed by atoms with van der Waals surface area (Å²) in [6.45, 7) is 5.99. The van der Waals surface area contributed by atoms with E-state index in [2.05, 4.69) is 19.2 Å². The average Bonchev–Trinajstić information content (AvgIpc) is 2.37. The lowest BCUT2D eigenvalue weighted by Gasteiger charge is -2.33. The number of nitrogens with two attached hydrogens (primary N) is 1. The number of nitrogen functional groups attached to an aromatic ring is 1. The molecule has 1 aliphatic rings. The van der Waals surface area contributed by atoms with E-state index in [9.17, 15) is 9.18 Å². The SMILES string of the molecule is Cc1cc(N)cc(C(=O)NC2CCC(C)CC2C)c1F. The van der Waals surface area contributed by atoms with Gasteiger partial charge in [-0.2, -0.15) is 0 Å². The molecular weight excluding hydrogens is 255 g/mol. The summed E-state index contributed by atoms with van der Waals surface area (Å²) in [6.07, 6.45) is 3.16. The molecule has 1 saturated carbocycles. The Kier molecular flexibility index (Phi) is 4.31. The van der Waals surface area contributed by atoms with Crippen LogP contribution in [0, 0.1) is 24.6 Å². The van der Waals surface area contributed by atoms with Crippen molar-refractivity contribution in [2.75, 3.05) is 5.73 Å². The van der Waals surface area contributed by atoms with Gasteiger partial charge < -0.3 is 11.1 Å². The van der Waals surface area contributed by atoms with Gasteiger partial charge in [0.05, 0.1) is 5.56 Å².